The monoisotopic (exact) mass is 308 g/mol. The molecule has 1 heterocycles. The molecule has 0 atom stereocenters. The van der Waals surface area contributed by atoms with Crippen LogP contribution in [0.5, 0.6) is 0 Å². The number of nitrogens with two attached hydrogens (primary N) is 1. The van der Waals surface area contributed by atoms with Crippen molar-refractivity contribution in [3.8, 4) is 0 Å². The number of aromatic nitrogens is 2. The fraction of sp³-hybridized carbons (Fsp3) is 0. The van der Waals surface area contributed by atoms with E-state index in [4.69, 9.17) is 17.3 Å². The van der Waals surface area contributed by atoms with Gasteiger partial charge in [0.2, 0.25) is 0 Å². The number of nitro groups is 1. The summed E-state index contributed by atoms with van der Waals surface area (Å²) in [6.45, 7) is 0. The lowest BCUT2D eigenvalue weighted by Gasteiger charge is -2.09. The number of carbonyl (C=O) groups is 1. The molecule has 1 aromatic carbocycles. The van der Waals surface area contributed by atoms with Crippen molar-refractivity contribution in [3.05, 3.63) is 51.4 Å². The van der Waals surface area contributed by atoms with E-state index in [9.17, 15) is 14.9 Å². The normalized spacial score (nSPS) is 9.95. The van der Waals surface area contributed by atoms with E-state index in [0.717, 1.165) is 0 Å². The predicted molar refractivity (Wildman–Crippen MR) is 75.6 cm³/mol. The van der Waals surface area contributed by atoms with Gasteiger partial charge in [-0.15, -0.1) is 0 Å². The first-order chi connectivity index (χ1) is 9.99. The summed E-state index contributed by atoms with van der Waals surface area (Å²) in [5.74, 6) is -0.371. The van der Waals surface area contributed by atoms with Crippen LogP contribution in [0.3, 0.4) is 0 Å². The third-order valence-corrected chi connectivity index (χ3v) is 2.77. The van der Waals surface area contributed by atoms with Crippen LogP contribution in [0.1, 0.15) is 10.4 Å². The van der Waals surface area contributed by atoms with Crippen LogP contribution in [0.15, 0.2) is 30.6 Å². The highest BCUT2D eigenvalue weighted by Gasteiger charge is 2.11. The Morgan fingerprint density at radius 2 is 1.95 bits per heavy atom. The number of nitrogen functional groups attached to an aromatic ring is 1. The molecular formula is C11H9ClN6O3. The quantitative estimate of drug-likeness (QED) is 0.441. The molecule has 0 aliphatic heterocycles. The van der Waals surface area contributed by atoms with Crippen LogP contribution < -0.4 is 16.6 Å². The van der Waals surface area contributed by atoms with E-state index in [1.54, 1.807) is 0 Å². The minimum absolute atomic E-state index is 0.0529. The number of non-ortho nitro benzene ring substituents is 1. The van der Waals surface area contributed by atoms with Crippen LogP contribution in [0.25, 0.3) is 0 Å². The fourth-order valence-electron chi connectivity index (χ4n) is 1.40. The summed E-state index contributed by atoms with van der Waals surface area (Å²) < 4.78 is 0. The van der Waals surface area contributed by atoms with Crippen molar-refractivity contribution in [2.24, 2.45) is 0 Å². The van der Waals surface area contributed by atoms with Gasteiger partial charge < -0.3 is 5.73 Å². The van der Waals surface area contributed by atoms with Crippen LogP contribution in [-0.4, -0.2) is 20.8 Å². The Hall–Kier alpha value is -2.94. The molecule has 4 N–H and O–H groups in total. The van der Waals surface area contributed by atoms with Crippen molar-refractivity contribution >= 4 is 34.7 Å². The molecule has 0 saturated carbocycles. The second-order valence-electron chi connectivity index (χ2n) is 3.81. The molecule has 21 heavy (non-hydrogen) atoms. The number of nitro benzene ring substituents is 1. The van der Waals surface area contributed by atoms with Gasteiger partial charge in [0, 0.05) is 17.7 Å². The highest BCUT2D eigenvalue weighted by molar-refractivity contribution is 6.32. The van der Waals surface area contributed by atoms with E-state index in [2.05, 4.69) is 20.8 Å². The number of hydrogen-bond acceptors (Lipinski definition) is 7. The molecule has 9 nitrogen and oxygen atoms in total. The Balaban J connectivity index is 2.04. The molecule has 0 radical (unpaired) electrons. The SMILES string of the molecule is Nc1c(Cl)ncnc1NNC(=O)c1ccc([N+](=O)[O-])cc1. The molecule has 10 heteroatoms. The first kappa shape index (κ1) is 14.5. The average Bonchev–Trinajstić information content (AvgIpc) is 2.48. The van der Waals surface area contributed by atoms with Gasteiger partial charge in [0.1, 0.15) is 12.0 Å². The summed E-state index contributed by atoms with van der Waals surface area (Å²) >= 11 is 5.70. The molecule has 0 saturated heterocycles. The highest BCUT2D eigenvalue weighted by atomic mass is 35.5. The van der Waals surface area contributed by atoms with Crippen molar-refractivity contribution in [2.45, 2.75) is 0 Å². The summed E-state index contributed by atoms with van der Waals surface area (Å²) in [5, 5.41) is 10.6. The number of benzene rings is 1. The van der Waals surface area contributed by atoms with Gasteiger partial charge in [-0.2, -0.15) is 0 Å². The zero-order valence-electron chi connectivity index (χ0n) is 10.4. The number of hydrogen-bond donors (Lipinski definition) is 3. The summed E-state index contributed by atoms with van der Waals surface area (Å²) in [4.78, 5) is 29.3. The maximum atomic E-state index is 11.8. The molecule has 1 aromatic heterocycles. The van der Waals surface area contributed by atoms with E-state index in [-0.39, 0.29) is 27.9 Å². The first-order valence-corrected chi connectivity index (χ1v) is 5.93. The molecule has 0 bridgehead atoms. The minimum Gasteiger partial charge on any atom is -0.393 e. The van der Waals surface area contributed by atoms with E-state index >= 15 is 0 Å². The van der Waals surface area contributed by atoms with Crippen molar-refractivity contribution < 1.29 is 9.72 Å². The van der Waals surface area contributed by atoms with Gasteiger partial charge in [0.15, 0.2) is 11.0 Å². The number of hydrazine groups is 1. The predicted octanol–water partition coefficient (Wildman–Crippen LogP) is 1.38. The van der Waals surface area contributed by atoms with Crippen LogP contribution in [0.4, 0.5) is 17.2 Å². The molecular weight excluding hydrogens is 300 g/mol. The highest BCUT2D eigenvalue weighted by Crippen LogP contribution is 2.21. The number of halogens is 1. The standard InChI is InChI=1S/C11H9ClN6O3/c12-9-8(13)10(15-5-14-9)16-17-11(19)6-1-3-7(4-2-6)18(20)21/h1-5H,13H2,(H,17,19)(H,14,15,16). The van der Waals surface area contributed by atoms with Gasteiger partial charge in [-0.3, -0.25) is 25.8 Å². The number of nitrogens with one attached hydrogen (secondary N) is 2. The fourth-order valence-corrected chi connectivity index (χ4v) is 1.53. The average molecular weight is 309 g/mol. The van der Waals surface area contributed by atoms with Crippen molar-refractivity contribution in [1.82, 2.24) is 15.4 Å². The Kier molecular flexibility index (Phi) is 4.14. The molecule has 1 amide bonds. The summed E-state index contributed by atoms with van der Waals surface area (Å²) in [5.41, 5.74) is 10.7. The van der Waals surface area contributed by atoms with Crippen molar-refractivity contribution in [2.75, 3.05) is 11.2 Å². The number of anilines is 2. The van der Waals surface area contributed by atoms with Crippen LogP contribution in [0.2, 0.25) is 5.15 Å². The number of carbonyl (C=O) groups excluding carboxylic acids is 1. The Labute approximate surface area is 123 Å². The Morgan fingerprint density at radius 3 is 2.57 bits per heavy atom. The van der Waals surface area contributed by atoms with Crippen LogP contribution in [-0.2, 0) is 0 Å². The van der Waals surface area contributed by atoms with E-state index in [1.807, 2.05) is 0 Å². The largest absolute Gasteiger partial charge is 0.393 e. The Morgan fingerprint density at radius 1 is 1.29 bits per heavy atom. The minimum atomic E-state index is -0.552. The van der Waals surface area contributed by atoms with Crippen molar-refractivity contribution in [1.29, 1.82) is 0 Å². The maximum absolute atomic E-state index is 11.8. The van der Waals surface area contributed by atoms with Gasteiger partial charge >= 0.3 is 0 Å². The van der Waals surface area contributed by atoms with E-state index in [1.165, 1.54) is 30.6 Å². The second-order valence-corrected chi connectivity index (χ2v) is 4.17. The van der Waals surface area contributed by atoms with E-state index < -0.39 is 10.8 Å². The smallest absolute Gasteiger partial charge is 0.269 e. The molecule has 2 aromatic rings. The van der Waals surface area contributed by atoms with Gasteiger partial charge in [0.05, 0.1) is 4.92 Å². The van der Waals surface area contributed by atoms with Gasteiger partial charge in [-0.05, 0) is 12.1 Å². The second kappa shape index (κ2) is 6.01. The first-order valence-electron chi connectivity index (χ1n) is 5.56. The maximum Gasteiger partial charge on any atom is 0.269 e. The zero-order chi connectivity index (χ0) is 15.4. The van der Waals surface area contributed by atoms with Gasteiger partial charge in [-0.1, -0.05) is 11.6 Å². The molecule has 0 aliphatic rings. The summed E-state index contributed by atoms with van der Waals surface area (Å²) in [7, 11) is 0. The summed E-state index contributed by atoms with van der Waals surface area (Å²) in [6, 6.07) is 5.10. The van der Waals surface area contributed by atoms with Gasteiger partial charge in [-0.25, -0.2) is 9.97 Å². The third kappa shape index (κ3) is 3.34. The molecule has 0 unspecified atom stereocenters. The number of rotatable bonds is 4. The van der Waals surface area contributed by atoms with Crippen LogP contribution >= 0.6 is 11.6 Å². The third-order valence-electron chi connectivity index (χ3n) is 2.47. The molecule has 0 fully saturated rings. The zero-order valence-corrected chi connectivity index (χ0v) is 11.2. The molecule has 0 spiro atoms. The lowest BCUT2D eigenvalue weighted by atomic mass is 10.2. The number of amides is 1. The van der Waals surface area contributed by atoms with Gasteiger partial charge in [0.25, 0.3) is 11.6 Å². The number of nitrogens with zero attached hydrogens (tertiary/aromatic N) is 3. The molecule has 0 aliphatic carbocycles. The van der Waals surface area contributed by atoms with Crippen LogP contribution in [0, 0.1) is 10.1 Å². The topological polar surface area (TPSA) is 136 Å². The summed E-state index contributed by atoms with van der Waals surface area (Å²) in [6.07, 6.45) is 1.18. The lowest BCUT2D eigenvalue weighted by molar-refractivity contribution is -0.384. The molecule has 2 rings (SSSR count). The lowest BCUT2D eigenvalue weighted by Crippen LogP contribution is -2.30. The van der Waals surface area contributed by atoms with Crippen molar-refractivity contribution in [3.63, 3.8) is 0 Å². The molecule has 108 valence electrons. The van der Waals surface area contributed by atoms with E-state index in [0.29, 0.717) is 0 Å². The Bertz CT molecular complexity index is 691.